The van der Waals surface area contributed by atoms with Gasteiger partial charge in [0.1, 0.15) is 5.82 Å². The van der Waals surface area contributed by atoms with Crippen LogP contribution in [-0.2, 0) is 16.4 Å². The molecule has 2 aromatic carbocycles. The van der Waals surface area contributed by atoms with Crippen molar-refractivity contribution in [3.8, 4) is 16.4 Å². The van der Waals surface area contributed by atoms with E-state index >= 15 is 0 Å². The lowest BCUT2D eigenvalue weighted by Crippen LogP contribution is -2.11. The molecular formula is C20H17N5O4S2. The van der Waals surface area contributed by atoms with Crippen LogP contribution in [0.1, 0.15) is 21.6 Å². The van der Waals surface area contributed by atoms with E-state index < -0.39 is 16.0 Å². The highest BCUT2D eigenvalue weighted by atomic mass is 32.2. The molecule has 31 heavy (non-hydrogen) atoms. The molecule has 0 aliphatic rings. The molecule has 11 heteroatoms. The zero-order chi connectivity index (χ0) is 22.2. The summed E-state index contributed by atoms with van der Waals surface area (Å²) >= 11 is 1.12. The van der Waals surface area contributed by atoms with Crippen molar-refractivity contribution in [2.24, 2.45) is 5.14 Å². The normalized spacial score (nSPS) is 11.5. The summed E-state index contributed by atoms with van der Waals surface area (Å²) in [5.74, 6) is -0.813. The van der Waals surface area contributed by atoms with Crippen molar-refractivity contribution in [1.29, 1.82) is 0 Å². The number of aromatic carboxylic acids is 1. The number of hydrogen-bond acceptors (Lipinski definition) is 7. The SMILES string of the molecule is Nc1c(Cc2ccc(S(N)(=O)=O)cc2)c(-c2ccccc2)nn1-c1nc(C(=O)O)cs1. The molecule has 0 saturated heterocycles. The maximum absolute atomic E-state index is 11.5. The molecule has 0 radical (unpaired) electrons. The minimum atomic E-state index is -3.78. The van der Waals surface area contributed by atoms with Crippen LogP contribution < -0.4 is 10.9 Å². The lowest BCUT2D eigenvalue weighted by atomic mass is 10.0. The number of carboxylic acid groups (broad SMARTS) is 1. The van der Waals surface area contributed by atoms with Gasteiger partial charge in [-0.3, -0.25) is 0 Å². The molecule has 0 bridgehead atoms. The van der Waals surface area contributed by atoms with E-state index in [4.69, 9.17) is 16.0 Å². The van der Waals surface area contributed by atoms with Gasteiger partial charge in [0.15, 0.2) is 5.69 Å². The van der Waals surface area contributed by atoms with E-state index in [1.807, 2.05) is 30.3 Å². The maximum Gasteiger partial charge on any atom is 0.355 e. The highest BCUT2D eigenvalue weighted by Gasteiger charge is 2.21. The summed E-state index contributed by atoms with van der Waals surface area (Å²) in [6.07, 6.45) is 0.373. The molecule has 4 aromatic rings. The first-order chi connectivity index (χ1) is 14.7. The van der Waals surface area contributed by atoms with Crippen LogP contribution >= 0.6 is 11.3 Å². The first-order valence-corrected chi connectivity index (χ1v) is 11.4. The number of anilines is 1. The summed E-state index contributed by atoms with van der Waals surface area (Å²) in [5.41, 5.74) is 9.30. The van der Waals surface area contributed by atoms with E-state index in [-0.39, 0.29) is 10.6 Å². The van der Waals surface area contributed by atoms with Crippen molar-refractivity contribution in [2.75, 3.05) is 5.73 Å². The second-order valence-electron chi connectivity index (χ2n) is 6.68. The van der Waals surface area contributed by atoms with Crippen LogP contribution in [0.2, 0.25) is 0 Å². The molecule has 5 N–H and O–H groups in total. The summed E-state index contributed by atoms with van der Waals surface area (Å²) in [5, 5.41) is 20.7. The van der Waals surface area contributed by atoms with E-state index in [1.165, 1.54) is 22.2 Å². The summed E-state index contributed by atoms with van der Waals surface area (Å²) in [6, 6.07) is 15.6. The molecule has 0 amide bonds. The molecule has 0 atom stereocenters. The van der Waals surface area contributed by atoms with Gasteiger partial charge in [-0.2, -0.15) is 9.78 Å². The summed E-state index contributed by atoms with van der Waals surface area (Å²) in [6.45, 7) is 0. The van der Waals surface area contributed by atoms with E-state index in [0.29, 0.717) is 28.6 Å². The Kier molecular flexibility index (Phi) is 5.31. The Morgan fingerprint density at radius 2 is 1.77 bits per heavy atom. The Labute approximate surface area is 181 Å². The van der Waals surface area contributed by atoms with Crippen molar-refractivity contribution < 1.29 is 18.3 Å². The van der Waals surface area contributed by atoms with E-state index in [0.717, 1.165) is 22.5 Å². The molecule has 0 unspecified atom stereocenters. The number of carboxylic acids is 1. The zero-order valence-electron chi connectivity index (χ0n) is 16.0. The van der Waals surface area contributed by atoms with Crippen LogP contribution in [0.15, 0.2) is 64.9 Å². The van der Waals surface area contributed by atoms with Crippen LogP contribution in [0.25, 0.3) is 16.4 Å². The van der Waals surface area contributed by atoms with Gasteiger partial charge in [0.25, 0.3) is 0 Å². The third-order valence-electron chi connectivity index (χ3n) is 4.60. The molecule has 0 aliphatic carbocycles. The van der Waals surface area contributed by atoms with Gasteiger partial charge < -0.3 is 10.8 Å². The number of nitrogens with zero attached hydrogens (tertiary/aromatic N) is 3. The van der Waals surface area contributed by atoms with Crippen molar-refractivity contribution in [2.45, 2.75) is 11.3 Å². The summed E-state index contributed by atoms with van der Waals surface area (Å²) < 4.78 is 24.4. The Morgan fingerprint density at radius 3 is 2.35 bits per heavy atom. The molecule has 158 valence electrons. The van der Waals surface area contributed by atoms with Crippen LogP contribution in [0.5, 0.6) is 0 Å². The van der Waals surface area contributed by atoms with Gasteiger partial charge in [-0.25, -0.2) is 23.3 Å². The topological polar surface area (TPSA) is 154 Å². The first-order valence-electron chi connectivity index (χ1n) is 8.98. The molecule has 4 rings (SSSR count). The minimum absolute atomic E-state index is 0.0205. The lowest BCUT2D eigenvalue weighted by Gasteiger charge is -2.06. The smallest absolute Gasteiger partial charge is 0.355 e. The predicted molar refractivity (Wildman–Crippen MR) is 117 cm³/mol. The van der Waals surface area contributed by atoms with Gasteiger partial charge in [0.05, 0.1) is 10.6 Å². The van der Waals surface area contributed by atoms with Crippen molar-refractivity contribution in [1.82, 2.24) is 14.8 Å². The average molecular weight is 456 g/mol. The molecule has 0 spiro atoms. The van der Waals surface area contributed by atoms with Gasteiger partial charge in [0.2, 0.25) is 15.2 Å². The van der Waals surface area contributed by atoms with Gasteiger partial charge in [-0.15, -0.1) is 11.3 Å². The Hall–Kier alpha value is -3.54. The number of benzene rings is 2. The standard InChI is InChI=1S/C20H17N5O4S2/c21-18-15(10-12-6-8-14(9-7-12)31(22,28)29)17(13-4-2-1-3-5-13)24-25(18)20-23-16(11-30-20)19(26)27/h1-9,11H,10,21H2,(H,26,27)(H2,22,28,29). The number of nitrogens with two attached hydrogens (primary N) is 2. The van der Waals surface area contributed by atoms with E-state index in [1.54, 1.807) is 12.1 Å². The lowest BCUT2D eigenvalue weighted by molar-refractivity contribution is 0.0691. The molecule has 0 saturated carbocycles. The van der Waals surface area contributed by atoms with Crippen LogP contribution in [0.4, 0.5) is 5.82 Å². The third-order valence-corrected chi connectivity index (χ3v) is 6.34. The number of rotatable bonds is 6. The van der Waals surface area contributed by atoms with Crippen LogP contribution in [-0.4, -0.2) is 34.3 Å². The Morgan fingerprint density at radius 1 is 1.10 bits per heavy atom. The predicted octanol–water partition coefficient (Wildman–Crippen LogP) is 2.51. The highest BCUT2D eigenvalue weighted by molar-refractivity contribution is 7.89. The van der Waals surface area contributed by atoms with Gasteiger partial charge in [-0.05, 0) is 17.7 Å². The Bertz CT molecular complexity index is 1360. The Balaban J connectivity index is 1.80. The van der Waals surface area contributed by atoms with Crippen LogP contribution in [0.3, 0.4) is 0 Å². The minimum Gasteiger partial charge on any atom is -0.476 e. The number of thiazole rings is 1. The average Bonchev–Trinajstić information content (AvgIpc) is 3.34. The molecular weight excluding hydrogens is 438 g/mol. The molecule has 2 heterocycles. The van der Waals surface area contributed by atoms with Crippen molar-refractivity contribution in [3.63, 3.8) is 0 Å². The van der Waals surface area contributed by atoms with Gasteiger partial charge >= 0.3 is 5.97 Å². The van der Waals surface area contributed by atoms with Crippen LogP contribution in [0, 0.1) is 0 Å². The fourth-order valence-electron chi connectivity index (χ4n) is 3.07. The third kappa shape index (κ3) is 4.19. The first kappa shape index (κ1) is 20.7. The van der Waals surface area contributed by atoms with E-state index in [9.17, 15) is 13.2 Å². The number of hydrogen-bond donors (Lipinski definition) is 3. The summed E-state index contributed by atoms with van der Waals surface area (Å²) in [4.78, 5) is 15.3. The second kappa shape index (κ2) is 7.95. The fourth-order valence-corrected chi connectivity index (χ4v) is 4.35. The zero-order valence-corrected chi connectivity index (χ0v) is 17.6. The second-order valence-corrected chi connectivity index (χ2v) is 9.07. The molecule has 2 aromatic heterocycles. The van der Waals surface area contributed by atoms with Crippen molar-refractivity contribution in [3.05, 3.63) is 76.8 Å². The number of carbonyl (C=O) groups is 1. The fraction of sp³-hybridized carbons (Fsp3) is 0.0500. The number of sulfonamides is 1. The summed E-state index contributed by atoms with van der Waals surface area (Å²) in [7, 11) is -3.78. The maximum atomic E-state index is 11.5. The quantitative estimate of drug-likeness (QED) is 0.403. The van der Waals surface area contributed by atoms with Gasteiger partial charge in [0, 0.05) is 22.9 Å². The highest BCUT2D eigenvalue weighted by Crippen LogP contribution is 2.32. The molecule has 0 aliphatic heterocycles. The number of nitrogen functional groups attached to an aromatic ring is 1. The van der Waals surface area contributed by atoms with E-state index in [2.05, 4.69) is 10.1 Å². The monoisotopic (exact) mass is 455 g/mol. The largest absolute Gasteiger partial charge is 0.476 e. The molecule has 0 fully saturated rings. The molecule has 9 nitrogen and oxygen atoms in total. The van der Waals surface area contributed by atoms with Crippen molar-refractivity contribution >= 4 is 33.1 Å². The number of primary sulfonamides is 1. The number of aromatic nitrogens is 3. The van der Waals surface area contributed by atoms with Gasteiger partial charge in [-0.1, -0.05) is 42.5 Å².